The van der Waals surface area contributed by atoms with Gasteiger partial charge in [-0.1, -0.05) is 36.4 Å². The number of carbonyl (C=O) groups is 1. The summed E-state index contributed by atoms with van der Waals surface area (Å²) in [6, 6.07) is 16.6. The third kappa shape index (κ3) is 5.55. The van der Waals surface area contributed by atoms with Crippen molar-refractivity contribution in [3.63, 3.8) is 0 Å². The average Bonchev–Trinajstić information content (AvgIpc) is 2.80. The van der Waals surface area contributed by atoms with E-state index < -0.39 is 0 Å². The van der Waals surface area contributed by atoms with Gasteiger partial charge in [0.2, 0.25) is 5.91 Å². The fourth-order valence-electron chi connectivity index (χ4n) is 4.15. The highest BCUT2D eigenvalue weighted by atomic mass is 16.2. The highest BCUT2D eigenvalue weighted by molar-refractivity contribution is 5.76. The molecule has 2 aliphatic rings. The molecule has 0 bridgehead atoms. The number of benzene rings is 1. The van der Waals surface area contributed by atoms with Crippen molar-refractivity contribution in [1.29, 1.82) is 0 Å². The molecule has 2 saturated heterocycles. The molecule has 29 heavy (non-hydrogen) atoms. The standard InChI is InChI=1S/C23H31N5O/c29-23(28-18-14-26(15-19-28)20-21-6-2-1-3-7-21)9-11-25-12-16-27(17-13-25)22-8-4-5-10-24-22/h1-8,10H,9,11-20H2. The van der Waals surface area contributed by atoms with Gasteiger partial charge in [-0.05, 0) is 17.7 Å². The van der Waals surface area contributed by atoms with Gasteiger partial charge in [0.1, 0.15) is 5.82 Å². The summed E-state index contributed by atoms with van der Waals surface area (Å²) in [6.45, 7) is 9.39. The fourth-order valence-corrected chi connectivity index (χ4v) is 4.15. The maximum atomic E-state index is 12.7. The van der Waals surface area contributed by atoms with Gasteiger partial charge in [-0.3, -0.25) is 14.6 Å². The SMILES string of the molecule is O=C(CCN1CCN(c2ccccn2)CC1)N1CCN(Cc2ccccc2)CC1. The van der Waals surface area contributed by atoms with Gasteiger partial charge in [0.05, 0.1) is 0 Å². The van der Waals surface area contributed by atoms with Gasteiger partial charge in [0, 0.05) is 78.1 Å². The van der Waals surface area contributed by atoms with Crippen molar-refractivity contribution in [1.82, 2.24) is 19.7 Å². The van der Waals surface area contributed by atoms with E-state index in [0.717, 1.165) is 71.3 Å². The minimum Gasteiger partial charge on any atom is -0.354 e. The molecule has 1 aromatic heterocycles. The molecular weight excluding hydrogens is 362 g/mol. The Morgan fingerprint density at radius 3 is 2.17 bits per heavy atom. The second-order valence-electron chi connectivity index (χ2n) is 7.91. The van der Waals surface area contributed by atoms with E-state index in [1.807, 2.05) is 23.2 Å². The van der Waals surface area contributed by atoms with Crippen LogP contribution in [-0.2, 0) is 11.3 Å². The molecule has 6 heteroatoms. The monoisotopic (exact) mass is 393 g/mol. The lowest BCUT2D eigenvalue weighted by Crippen LogP contribution is -2.50. The summed E-state index contributed by atoms with van der Waals surface area (Å²) < 4.78 is 0. The summed E-state index contributed by atoms with van der Waals surface area (Å²) in [7, 11) is 0. The van der Waals surface area contributed by atoms with E-state index in [4.69, 9.17) is 0 Å². The van der Waals surface area contributed by atoms with E-state index in [1.54, 1.807) is 0 Å². The molecule has 1 aromatic carbocycles. The van der Waals surface area contributed by atoms with E-state index in [2.05, 4.69) is 56.1 Å². The molecule has 0 spiro atoms. The van der Waals surface area contributed by atoms with Crippen LogP contribution in [0.5, 0.6) is 0 Å². The third-order valence-corrected chi connectivity index (χ3v) is 5.96. The number of nitrogens with zero attached hydrogens (tertiary/aromatic N) is 5. The van der Waals surface area contributed by atoms with Crippen molar-refractivity contribution >= 4 is 11.7 Å². The predicted molar refractivity (Wildman–Crippen MR) is 116 cm³/mol. The Kier molecular flexibility index (Phi) is 6.75. The minimum atomic E-state index is 0.302. The van der Waals surface area contributed by atoms with E-state index >= 15 is 0 Å². The van der Waals surface area contributed by atoms with Crippen LogP contribution in [-0.4, -0.2) is 84.5 Å². The van der Waals surface area contributed by atoms with Crippen LogP contribution in [0.4, 0.5) is 5.82 Å². The molecule has 0 N–H and O–H groups in total. The van der Waals surface area contributed by atoms with Crippen molar-refractivity contribution in [3.8, 4) is 0 Å². The lowest BCUT2D eigenvalue weighted by Gasteiger charge is -2.37. The van der Waals surface area contributed by atoms with Gasteiger partial charge in [-0.2, -0.15) is 0 Å². The quantitative estimate of drug-likeness (QED) is 0.750. The molecule has 6 nitrogen and oxygen atoms in total. The van der Waals surface area contributed by atoms with Crippen molar-refractivity contribution in [2.75, 3.05) is 63.8 Å². The van der Waals surface area contributed by atoms with Crippen LogP contribution in [0.25, 0.3) is 0 Å². The molecule has 1 amide bonds. The van der Waals surface area contributed by atoms with Gasteiger partial charge < -0.3 is 9.80 Å². The molecule has 2 fully saturated rings. The number of aromatic nitrogens is 1. The summed E-state index contributed by atoms with van der Waals surface area (Å²) in [5.74, 6) is 1.35. The first-order valence-corrected chi connectivity index (χ1v) is 10.7. The molecule has 0 atom stereocenters. The molecule has 0 saturated carbocycles. The van der Waals surface area contributed by atoms with Gasteiger partial charge in [0.25, 0.3) is 0 Å². The Hall–Kier alpha value is -2.44. The number of piperazine rings is 2. The summed E-state index contributed by atoms with van der Waals surface area (Å²) in [5, 5.41) is 0. The number of rotatable bonds is 6. The Morgan fingerprint density at radius 2 is 1.48 bits per heavy atom. The van der Waals surface area contributed by atoms with Crippen LogP contribution in [0.3, 0.4) is 0 Å². The number of hydrogen-bond donors (Lipinski definition) is 0. The normalized spacial score (nSPS) is 18.8. The second kappa shape index (κ2) is 9.85. The number of anilines is 1. The Bertz CT molecular complexity index is 753. The number of carbonyl (C=O) groups excluding carboxylic acids is 1. The average molecular weight is 394 g/mol. The number of hydrogen-bond acceptors (Lipinski definition) is 5. The first-order chi connectivity index (χ1) is 14.3. The van der Waals surface area contributed by atoms with E-state index in [9.17, 15) is 4.79 Å². The number of pyridine rings is 1. The molecular formula is C23H31N5O. The highest BCUT2D eigenvalue weighted by Crippen LogP contribution is 2.13. The molecule has 3 heterocycles. The van der Waals surface area contributed by atoms with Crippen LogP contribution in [0.15, 0.2) is 54.7 Å². The van der Waals surface area contributed by atoms with Gasteiger partial charge in [-0.25, -0.2) is 4.98 Å². The van der Waals surface area contributed by atoms with Crippen LogP contribution >= 0.6 is 0 Å². The fraction of sp³-hybridized carbons (Fsp3) is 0.478. The van der Waals surface area contributed by atoms with Crippen molar-refractivity contribution in [2.24, 2.45) is 0 Å². The topological polar surface area (TPSA) is 42.9 Å². The second-order valence-corrected chi connectivity index (χ2v) is 7.91. The highest BCUT2D eigenvalue weighted by Gasteiger charge is 2.23. The van der Waals surface area contributed by atoms with Gasteiger partial charge in [-0.15, -0.1) is 0 Å². The molecule has 2 aliphatic heterocycles. The minimum absolute atomic E-state index is 0.302. The maximum absolute atomic E-state index is 12.7. The van der Waals surface area contributed by atoms with Crippen molar-refractivity contribution in [3.05, 3.63) is 60.3 Å². The summed E-state index contributed by atoms with van der Waals surface area (Å²) in [5.41, 5.74) is 1.34. The largest absolute Gasteiger partial charge is 0.354 e. The Morgan fingerprint density at radius 1 is 0.793 bits per heavy atom. The summed E-state index contributed by atoms with van der Waals surface area (Å²) >= 11 is 0. The van der Waals surface area contributed by atoms with Crippen LogP contribution < -0.4 is 4.90 Å². The summed E-state index contributed by atoms with van der Waals surface area (Å²) in [4.78, 5) is 26.3. The lowest BCUT2D eigenvalue weighted by molar-refractivity contribution is -0.133. The molecule has 2 aromatic rings. The van der Waals surface area contributed by atoms with Crippen molar-refractivity contribution < 1.29 is 4.79 Å². The van der Waals surface area contributed by atoms with Crippen molar-refractivity contribution in [2.45, 2.75) is 13.0 Å². The molecule has 0 unspecified atom stereocenters. The zero-order valence-electron chi connectivity index (χ0n) is 17.1. The third-order valence-electron chi connectivity index (χ3n) is 5.96. The van der Waals surface area contributed by atoms with Crippen LogP contribution in [0.2, 0.25) is 0 Å². The van der Waals surface area contributed by atoms with E-state index in [0.29, 0.717) is 12.3 Å². The first kappa shape index (κ1) is 19.9. The van der Waals surface area contributed by atoms with Crippen LogP contribution in [0.1, 0.15) is 12.0 Å². The Labute approximate surface area is 173 Å². The van der Waals surface area contributed by atoms with E-state index in [-0.39, 0.29) is 0 Å². The summed E-state index contributed by atoms with van der Waals surface area (Å²) in [6.07, 6.45) is 2.47. The smallest absolute Gasteiger partial charge is 0.223 e. The maximum Gasteiger partial charge on any atom is 0.223 e. The molecule has 0 radical (unpaired) electrons. The Balaban J connectivity index is 1.15. The lowest BCUT2D eigenvalue weighted by atomic mass is 10.2. The molecule has 0 aliphatic carbocycles. The molecule has 4 rings (SSSR count). The predicted octanol–water partition coefficient (Wildman–Crippen LogP) is 1.94. The zero-order chi connectivity index (χ0) is 19.9. The van der Waals surface area contributed by atoms with Crippen LogP contribution in [0, 0.1) is 0 Å². The number of amides is 1. The van der Waals surface area contributed by atoms with E-state index in [1.165, 1.54) is 5.56 Å². The first-order valence-electron chi connectivity index (χ1n) is 10.7. The molecule has 154 valence electrons. The van der Waals surface area contributed by atoms with Gasteiger partial charge in [0.15, 0.2) is 0 Å². The van der Waals surface area contributed by atoms with Gasteiger partial charge >= 0.3 is 0 Å². The zero-order valence-corrected chi connectivity index (χ0v) is 17.1.